The number of hydrogen-bond donors (Lipinski definition) is 1. The number of nitrogen functional groups attached to an aromatic ring is 1. The van der Waals surface area contributed by atoms with E-state index in [4.69, 9.17) is 19.9 Å². The molecule has 2 aromatic carbocycles. The summed E-state index contributed by atoms with van der Waals surface area (Å²) in [5, 5.41) is 0.415. The first-order valence-corrected chi connectivity index (χ1v) is 8.38. The fourth-order valence-corrected chi connectivity index (χ4v) is 3.28. The van der Waals surface area contributed by atoms with Crippen LogP contribution in [0.15, 0.2) is 42.5 Å². The molecule has 0 amide bonds. The number of aromatic nitrogens is 1. The smallest absolute Gasteiger partial charge is 0.350 e. The number of ketones is 1. The maximum atomic E-state index is 15.0. The van der Waals surface area contributed by atoms with Crippen LogP contribution in [-0.2, 0) is 0 Å². The van der Waals surface area contributed by atoms with Gasteiger partial charge < -0.3 is 19.9 Å². The van der Waals surface area contributed by atoms with Crippen molar-refractivity contribution in [3.63, 3.8) is 0 Å². The molecule has 1 unspecified atom stereocenters. The summed E-state index contributed by atoms with van der Waals surface area (Å²) in [5.74, 6) is -4.88. The second kappa shape index (κ2) is 6.33. The predicted octanol–water partition coefficient (Wildman–Crippen LogP) is 3.79. The van der Waals surface area contributed by atoms with Crippen LogP contribution in [0.25, 0.3) is 10.9 Å². The van der Waals surface area contributed by atoms with Crippen molar-refractivity contribution in [2.45, 2.75) is 12.0 Å². The second-order valence-electron chi connectivity index (χ2n) is 6.29. The Labute approximate surface area is 158 Å². The zero-order chi connectivity index (χ0) is 20.1. The fourth-order valence-electron chi connectivity index (χ4n) is 3.28. The number of halogens is 2. The Hall–Kier alpha value is -3.42. The van der Waals surface area contributed by atoms with E-state index in [1.165, 1.54) is 32.4 Å². The molecular weight excluding hydrogens is 370 g/mol. The average molecular weight is 386 g/mol. The summed E-state index contributed by atoms with van der Waals surface area (Å²) in [6.07, 6.45) is -1.87. The minimum absolute atomic E-state index is 0.0511. The number of nitrogens with zero attached hydrogens (tertiary/aromatic N) is 1. The van der Waals surface area contributed by atoms with Crippen LogP contribution in [0.4, 0.5) is 14.5 Å². The summed E-state index contributed by atoms with van der Waals surface area (Å²) in [6.45, 7) is 0. The van der Waals surface area contributed by atoms with Gasteiger partial charge in [-0.1, -0.05) is 24.3 Å². The number of Topliss-reactive ketones (excluding diaryl/α,β-unsaturated/α-hetero) is 1. The lowest BCUT2D eigenvalue weighted by molar-refractivity contribution is -0.0772. The van der Waals surface area contributed by atoms with Gasteiger partial charge in [0.2, 0.25) is 11.7 Å². The van der Waals surface area contributed by atoms with Crippen LogP contribution in [0, 0.1) is 0 Å². The topological polar surface area (TPSA) is 83.7 Å². The van der Waals surface area contributed by atoms with Gasteiger partial charge in [-0.15, -0.1) is 0 Å². The van der Waals surface area contributed by atoms with Gasteiger partial charge in [-0.2, -0.15) is 8.78 Å². The highest BCUT2D eigenvalue weighted by Gasteiger charge is 2.55. The van der Waals surface area contributed by atoms with Crippen molar-refractivity contribution in [1.29, 1.82) is 0 Å². The number of para-hydroxylation sites is 1. The molecule has 1 aliphatic rings. The molecule has 1 aliphatic heterocycles. The summed E-state index contributed by atoms with van der Waals surface area (Å²) < 4.78 is 45.8. The molecule has 1 atom stereocenters. The molecule has 28 heavy (non-hydrogen) atoms. The molecule has 144 valence electrons. The van der Waals surface area contributed by atoms with E-state index in [0.29, 0.717) is 16.7 Å². The highest BCUT2D eigenvalue weighted by Crippen LogP contribution is 2.47. The van der Waals surface area contributed by atoms with Crippen molar-refractivity contribution in [3.05, 3.63) is 53.6 Å². The molecule has 4 rings (SSSR count). The normalized spacial score (nSPS) is 17.7. The Morgan fingerprint density at radius 2 is 1.82 bits per heavy atom. The zero-order valence-electron chi connectivity index (χ0n) is 15.0. The molecule has 0 fully saturated rings. The van der Waals surface area contributed by atoms with Crippen LogP contribution in [0.1, 0.15) is 22.0 Å². The third-order valence-corrected chi connectivity index (χ3v) is 4.70. The molecule has 8 heteroatoms. The standard InChI is InChI=1S/C20H16F2N2O4/c1-26-13-8-7-10(9-14(13)27-2)18-20(21,22)17(25)15-16(23)11-5-3-4-6-12(11)24-19(15)28-18/h3-9,18H,1-2H3,(H2,23,24). The number of rotatable bonds is 3. The van der Waals surface area contributed by atoms with E-state index in [2.05, 4.69) is 4.98 Å². The Kier molecular flexibility index (Phi) is 4.06. The maximum Gasteiger partial charge on any atom is 0.350 e. The van der Waals surface area contributed by atoms with Crippen molar-refractivity contribution < 1.29 is 27.8 Å². The molecule has 0 radical (unpaired) electrons. The van der Waals surface area contributed by atoms with Crippen LogP contribution in [0.5, 0.6) is 17.4 Å². The van der Waals surface area contributed by atoms with Gasteiger partial charge in [0.25, 0.3) is 0 Å². The van der Waals surface area contributed by atoms with Gasteiger partial charge in [-0.25, -0.2) is 4.98 Å². The third-order valence-electron chi connectivity index (χ3n) is 4.70. The molecule has 2 heterocycles. The molecule has 0 aliphatic carbocycles. The lowest BCUT2D eigenvalue weighted by atomic mass is 9.92. The van der Waals surface area contributed by atoms with Crippen molar-refractivity contribution in [1.82, 2.24) is 4.98 Å². The van der Waals surface area contributed by atoms with Crippen LogP contribution >= 0.6 is 0 Å². The SMILES string of the molecule is COc1ccc(C2Oc3nc4ccccc4c(N)c3C(=O)C2(F)F)cc1OC. The number of benzene rings is 2. The fraction of sp³-hybridized carbons (Fsp3) is 0.200. The molecule has 0 saturated heterocycles. The number of ether oxygens (including phenoxy) is 3. The summed E-state index contributed by atoms with van der Waals surface area (Å²) in [5.41, 5.74) is 6.03. The van der Waals surface area contributed by atoms with Crippen LogP contribution in [0.2, 0.25) is 0 Å². The monoisotopic (exact) mass is 386 g/mol. The third kappa shape index (κ3) is 2.52. The number of methoxy groups -OCH3 is 2. The Morgan fingerprint density at radius 1 is 1.11 bits per heavy atom. The largest absolute Gasteiger partial charge is 0.493 e. The van der Waals surface area contributed by atoms with Gasteiger partial charge >= 0.3 is 5.92 Å². The number of alkyl halides is 2. The number of hydrogen-bond acceptors (Lipinski definition) is 6. The van der Waals surface area contributed by atoms with Crippen LogP contribution in [0.3, 0.4) is 0 Å². The minimum atomic E-state index is -3.84. The summed E-state index contributed by atoms with van der Waals surface area (Å²) >= 11 is 0. The Morgan fingerprint density at radius 3 is 2.54 bits per heavy atom. The van der Waals surface area contributed by atoms with Gasteiger partial charge in [0, 0.05) is 10.9 Å². The predicted molar refractivity (Wildman–Crippen MR) is 98.3 cm³/mol. The van der Waals surface area contributed by atoms with E-state index >= 15 is 0 Å². The molecule has 6 nitrogen and oxygen atoms in total. The molecular formula is C20H16F2N2O4. The molecule has 0 saturated carbocycles. The van der Waals surface area contributed by atoms with E-state index in [0.717, 1.165) is 0 Å². The lowest BCUT2D eigenvalue weighted by Gasteiger charge is -2.32. The molecule has 0 spiro atoms. The first-order valence-electron chi connectivity index (χ1n) is 8.38. The van der Waals surface area contributed by atoms with E-state index in [1.807, 2.05) is 0 Å². The first kappa shape index (κ1) is 18.0. The first-order chi connectivity index (χ1) is 13.4. The number of anilines is 1. The van der Waals surface area contributed by atoms with Gasteiger partial charge in [-0.05, 0) is 18.2 Å². The van der Waals surface area contributed by atoms with E-state index in [9.17, 15) is 13.6 Å². The highest BCUT2D eigenvalue weighted by atomic mass is 19.3. The van der Waals surface area contributed by atoms with E-state index < -0.39 is 23.4 Å². The maximum absolute atomic E-state index is 15.0. The summed E-state index contributed by atoms with van der Waals surface area (Å²) in [4.78, 5) is 16.9. The van der Waals surface area contributed by atoms with Gasteiger partial charge in [0.15, 0.2) is 17.6 Å². The van der Waals surface area contributed by atoms with Gasteiger partial charge in [0.1, 0.15) is 5.56 Å². The van der Waals surface area contributed by atoms with Crippen LogP contribution < -0.4 is 19.9 Å². The molecule has 0 bridgehead atoms. The lowest BCUT2D eigenvalue weighted by Crippen LogP contribution is -2.43. The van der Waals surface area contributed by atoms with Gasteiger partial charge in [-0.3, -0.25) is 4.79 Å². The number of carbonyl (C=O) groups excluding carboxylic acids is 1. The summed E-state index contributed by atoms with van der Waals surface area (Å²) in [7, 11) is 2.82. The second-order valence-corrected chi connectivity index (χ2v) is 6.29. The van der Waals surface area contributed by atoms with E-state index in [1.54, 1.807) is 24.3 Å². The van der Waals surface area contributed by atoms with Crippen molar-refractivity contribution >= 4 is 22.4 Å². The van der Waals surface area contributed by atoms with Gasteiger partial charge in [0.05, 0.1) is 25.4 Å². The molecule has 1 aromatic heterocycles. The Bertz CT molecular complexity index is 1100. The highest BCUT2D eigenvalue weighted by molar-refractivity contribution is 6.13. The van der Waals surface area contributed by atoms with Crippen molar-refractivity contribution in [2.24, 2.45) is 0 Å². The zero-order valence-corrected chi connectivity index (χ0v) is 15.0. The number of pyridine rings is 1. The summed E-state index contributed by atoms with van der Waals surface area (Å²) in [6, 6.07) is 10.9. The van der Waals surface area contributed by atoms with E-state index in [-0.39, 0.29) is 22.9 Å². The van der Waals surface area contributed by atoms with Crippen LogP contribution in [-0.4, -0.2) is 30.9 Å². The number of nitrogens with two attached hydrogens (primary N) is 1. The molecule has 3 aromatic rings. The Balaban J connectivity index is 1.88. The quantitative estimate of drug-likeness (QED) is 0.737. The van der Waals surface area contributed by atoms with Crippen molar-refractivity contribution in [3.8, 4) is 17.4 Å². The number of fused-ring (bicyclic) bond motifs is 2. The van der Waals surface area contributed by atoms with Crippen molar-refractivity contribution in [2.75, 3.05) is 20.0 Å². The molecule has 2 N–H and O–H groups in total. The average Bonchev–Trinajstić information content (AvgIpc) is 2.70. The number of carbonyl (C=O) groups is 1. The minimum Gasteiger partial charge on any atom is -0.493 e.